The molecule has 0 aromatic rings. The van der Waals surface area contributed by atoms with E-state index in [1.165, 1.54) is 6.42 Å². The van der Waals surface area contributed by atoms with Crippen LogP contribution in [0.25, 0.3) is 0 Å². The van der Waals surface area contributed by atoms with E-state index in [0.717, 1.165) is 51.6 Å². The number of rotatable bonds is 1. The summed E-state index contributed by atoms with van der Waals surface area (Å²) in [6.07, 6.45) is 7.44. The second-order valence-corrected chi connectivity index (χ2v) is 9.20. The normalized spacial score (nSPS) is 36.2. The summed E-state index contributed by atoms with van der Waals surface area (Å²) < 4.78 is 0. The van der Waals surface area contributed by atoms with Gasteiger partial charge in [0, 0.05) is 25.2 Å². The Morgan fingerprint density at radius 1 is 1.04 bits per heavy atom. The molecule has 1 saturated carbocycles. The number of amides is 2. The molecule has 0 aromatic carbocycles. The van der Waals surface area contributed by atoms with Crippen molar-refractivity contribution in [3.8, 4) is 0 Å². The Morgan fingerprint density at radius 2 is 1.74 bits per heavy atom. The molecule has 2 heterocycles. The average Bonchev–Trinajstić information content (AvgIpc) is 2.74. The van der Waals surface area contributed by atoms with Crippen LogP contribution in [0.1, 0.15) is 72.6 Å². The molecule has 2 amide bonds. The first-order valence-corrected chi connectivity index (χ1v) is 9.36. The Labute approximate surface area is 140 Å². The lowest BCUT2D eigenvalue weighted by Crippen LogP contribution is -2.52. The highest BCUT2D eigenvalue weighted by atomic mass is 16.2. The third-order valence-corrected chi connectivity index (χ3v) is 6.22. The molecule has 1 aliphatic carbocycles. The van der Waals surface area contributed by atoms with Crippen LogP contribution in [0.2, 0.25) is 0 Å². The summed E-state index contributed by atoms with van der Waals surface area (Å²) in [5, 5.41) is 0. The third kappa shape index (κ3) is 3.14. The molecule has 0 N–H and O–H groups in total. The van der Waals surface area contributed by atoms with Crippen molar-refractivity contribution in [2.45, 2.75) is 84.7 Å². The molecule has 3 rings (SSSR count). The quantitative estimate of drug-likeness (QED) is 0.696. The minimum absolute atomic E-state index is 0.189. The standard InChI is InChI=1S/C19H32N2O2/c1-5-14-8-6-7-9-20(14)16(22)17(23)21-13-19(4)11-15(21)10-18(2,3)12-19/h14-15H,5-13H2,1-4H3. The van der Waals surface area contributed by atoms with Crippen molar-refractivity contribution in [1.29, 1.82) is 0 Å². The molecule has 3 aliphatic rings. The Kier molecular flexibility index (Phi) is 4.22. The van der Waals surface area contributed by atoms with Crippen molar-refractivity contribution in [3.63, 3.8) is 0 Å². The van der Waals surface area contributed by atoms with Gasteiger partial charge in [0.1, 0.15) is 0 Å². The molecule has 130 valence electrons. The monoisotopic (exact) mass is 320 g/mol. The summed E-state index contributed by atoms with van der Waals surface area (Å²) in [7, 11) is 0. The molecule has 0 radical (unpaired) electrons. The molecule has 0 aromatic heterocycles. The lowest BCUT2D eigenvalue weighted by atomic mass is 9.65. The van der Waals surface area contributed by atoms with Crippen LogP contribution in [-0.4, -0.2) is 46.8 Å². The Balaban J connectivity index is 1.74. The van der Waals surface area contributed by atoms with E-state index in [9.17, 15) is 9.59 Å². The van der Waals surface area contributed by atoms with Crippen molar-refractivity contribution in [1.82, 2.24) is 9.80 Å². The number of hydrogen-bond acceptors (Lipinski definition) is 2. The second-order valence-electron chi connectivity index (χ2n) is 9.20. The first-order chi connectivity index (χ1) is 10.7. The van der Waals surface area contributed by atoms with Gasteiger partial charge >= 0.3 is 11.8 Å². The summed E-state index contributed by atoms with van der Waals surface area (Å²) in [4.78, 5) is 29.6. The van der Waals surface area contributed by atoms with Crippen LogP contribution in [0.15, 0.2) is 0 Å². The zero-order valence-electron chi connectivity index (χ0n) is 15.2. The van der Waals surface area contributed by atoms with E-state index < -0.39 is 0 Å². The number of carbonyl (C=O) groups excluding carboxylic acids is 2. The second kappa shape index (κ2) is 5.78. The molecule has 23 heavy (non-hydrogen) atoms. The van der Waals surface area contributed by atoms with Crippen molar-refractivity contribution in [2.24, 2.45) is 10.8 Å². The molecule has 2 aliphatic heterocycles. The summed E-state index contributed by atoms with van der Waals surface area (Å²) >= 11 is 0. The first-order valence-electron chi connectivity index (χ1n) is 9.36. The molecule has 3 atom stereocenters. The lowest BCUT2D eigenvalue weighted by Gasteiger charge is -2.39. The number of piperidine rings is 1. The van der Waals surface area contributed by atoms with E-state index in [2.05, 4.69) is 27.7 Å². The molecule has 0 spiro atoms. The minimum Gasteiger partial charge on any atom is -0.331 e. The van der Waals surface area contributed by atoms with Crippen molar-refractivity contribution >= 4 is 11.8 Å². The van der Waals surface area contributed by atoms with Gasteiger partial charge in [-0.05, 0) is 55.8 Å². The predicted molar refractivity (Wildman–Crippen MR) is 90.9 cm³/mol. The lowest BCUT2D eigenvalue weighted by molar-refractivity contribution is -0.154. The fourth-order valence-corrected chi connectivity index (χ4v) is 5.64. The van der Waals surface area contributed by atoms with E-state index in [0.29, 0.717) is 0 Å². The van der Waals surface area contributed by atoms with Crippen LogP contribution in [0.5, 0.6) is 0 Å². The summed E-state index contributed by atoms with van der Waals surface area (Å²) in [5.74, 6) is -0.484. The van der Waals surface area contributed by atoms with Crippen molar-refractivity contribution in [3.05, 3.63) is 0 Å². The molecular formula is C19H32N2O2. The topological polar surface area (TPSA) is 40.6 Å². The van der Waals surface area contributed by atoms with Gasteiger partial charge in [0.25, 0.3) is 0 Å². The van der Waals surface area contributed by atoms with Gasteiger partial charge in [-0.25, -0.2) is 0 Å². The number of hydrogen-bond donors (Lipinski definition) is 0. The van der Waals surface area contributed by atoms with E-state index in [-0.39, 0.29) is 34.7 Å². The Morgan fingerprint density at radius 3 is 2.43 bits per heavy atom. The van der Waals surface area contributed by atoms with Crippen molar-refractivity contribution in [2.75, 3.05) is 13.1 Å². The third-order valence-electron chi connectivity index (χ3n) is 6.22. The first kappa shape index (κ1) is 16.8. The SMILES string of the molecule is CCC1CCCCN1C(=O)C(=O)N1CC2(C)CC1CC(C)(C)C2. The molecule has 4 heteroatoms. The number of fused-ring (bicyclic) bond motifs is 2. The summed E-state index contributed by atoms with van der Waals surface area (Å²) in [6.45, 7) is 10.5. The zero-order valence-corrected chi connectivity index (χ0v) is 15.2. The minimum atomic E-state index is -0.245. The van der Waals surface area contributed by atoms with Gasteiger partial charge in [0.15, 0.2) is 0 Å². The van der Waals surface area contributed by atoms with Gasteiger partial charge in [0.05, 0.1) is 0 Å². The van der Waals surface area contributed by atoms with Gasteiger partial charge in [0.2, 0.25) is 0 Å². The Hall–Kier alpha value is -1.06. The summed E-state index contributed by atoms with van der Waals surface area (Å²) in [5.41, 5.74) is 0.460. The maximum atomic E-state index is 12.9. The van der Waals surface area contributed by atoms with Crippen LogP contribution < -0.4 is 0 Å². The molecular weight excluding hydrogens is 288 g/mol. The fraction of sp³-hybridized carbons (Fsp3) is 0.895. The van der Waals surface area contributed by atoms with Crippen LogP contribution >= 0.6 is 0 Å². The van der Waals surface area contributed by atoms with Crippen LogP contribution in [0.3, 0.4) is 0 Å². The zero-order chi connectivity index (χ0) is 16.8. The molecule has 2 saturated heterocycles. The molecule has 3 fully saturated rings. The summed E-state index contributed by atoms with van der Waals surface area (Å²) in [6, 6.07) is 0.513. The maximum absolute atomic E-state index is 12.9. The Bertz CT molecular complexity index is 502. The van der Waals surface area contributed by atoms with Crippen LogP contribution in [0.4, 0.5) is 0 Å². The van der Waals surface area contributed by atoms with E-state index in [1.54, 1.807) is 0 Å². The van der Waals surface area contributed by atoms with Gasteiger partial charge in [-0.1, -0.05) is 27.7 Å². The van der Waals surface area contributed by atoms with Gasteiger partial charge < -0.3 is 9.80 Å². The highest BCUT2D eigenvalue weighted by Crippen LogP contribution is 2.52. The highest BCUT2D eigenvalue weighted by molar-refractivity contribution is 6.35. The van der Waals surface area contributed by atoms with E-state index in [4.69, 9.17) is 0 Å². The highest BCUT2D eigenvalue weighted by Gasteiger charge is 2.52. The predicted octanol–water partition coefficient (Wildman–Crippen LogP) is 3.20. The van der Waals surface area contributed by atoms with Crippen LogP contribution in [-0.2, 0) is 9.59 Å². The smallest absolute Gasteiger partial charge is 0.312 e. The van der Waals surface area contributed by atoms with E-state index >= 15 is 0 Å². The number of carbonyl (C=O) groups is 2. The molecule has 3 unspecified atom stereocenters. The van der Waals surface area contributed by atoms with Gasteiger partial charge in [-0.3, -0.25) is 9.59 Å². The van der Waals surface area contributed by atoms with Gasteiger partial charge in [-0.15, -0.1) is 0 Å². The fourth-order valence-electron chi connectivity index (χ4n) is 5.64. The maximum Gasteiger partial charge on any atom is 0.312 e. The van der Waals surface area contributed by atoms with Crippen LogP contribution in [0, 0.1) is 10.8 Å². The van der Waals surface area contributed by atoms with Gasteiger partial charge in [-0.2, -0.15) is 0 Å². The number of nitrogens with zero attached hydrogens (tertiary/aromatic N) is 2. The average molecular weight is 320 g/mol. The molecule has 2 bridgehead atoms. The van der Waals surface area contributed by atoms with E-state index in [1.807, 2.05) is 9.80 Å². The molecule has 4 nitrogen and oxygen atoms in total. The van der Waals surface area contributed by atoms with Crippen molar-refractivity contribution < 1.29 is 9.59 Å². The number of likely N-dealkylation sites (tertiary alicyclic amines) is 2. The largest absolute Gasteiger partial charge is 0.331 e.